The van der Waals surface area contributed by atoms with Crippen molar-refractivity contribution in [1.82, 2.24) is 5.10 Å². The number of methoxy groups -OCH3 is 2. The van der Waals surface area contributed by atoms with Crippen molar-refractivity contribution >= 4 is 30.0 Å². The lowest BCUT2D eigenvalue weighted by Crippen LogP contribution is -2.37. The number of azo groups is 1. The second kappa shape index (κ2) is 13.9. The molecule has 1 heterocycles. The standard InChI is InChI=1S/C30H25N5O2.BF4/c1-36-25-18-19-26(28(20-25)37-2)32-27-21-31-35(24-16-10-5-11-17-24)30(22-12-6-3-7-13-22)29(27)34-33-23-14-8-4-9-15-23;2-1(3,4)5/h3-21H,1-2H3;/q;-1/p+1. The van der Waals surface area contributed by atoms with Crippen LogP contribution in [0.2, 0.25) is 0 Å². The molecule has 7 nitrogen and oxygen atoms in total. The van der Waals surface area contributed by atoms with Gasteiger partial charge in [-0.25, -0.2) is 0 Å². The smallest absolute Gasteiger partial charge is 0.497 e. The summed E-state index contributed by atoms with van der Waals surface area (Å²) in [4.78, 5) is 0. The summed E-state index contributed by atoms with van der Waals surface area (Å²) in [7, 11) is -2.75. The summed E-state index contributed by atoms with van der Waals surface area (Å²) >= 11 is 0. The van der Waals surface area contributed by atoms with Gasteiger partial charge in [0.2, 0.25) is 5.69 Å². The Kier molecular flexibility index (Phi) is 9.83. The number of halogens is 4. The Hall–Kier alpha value is -5.26. The molecule has 0 atom stereocenters. The number of ether oxygens (including phenoxy) is 2. The molecule has 42 heavy (non-hydrogen) atoms. The number of hydrogen-bond donors (Lipinski definition) is 1. The molecule has 0 bridgehead atoms. The third-order valence-electron chi connectivity index (χ3n) is 5.74. The maximum atomic E-state index is 9.75. The molecule has 0 fully saturated rings. The summed E-state index contributed by atoms with van der Waals surface area (Å²) in [5, 5.41) is 17.6. The van der Waals surface area contributed by atoms with Crippen LogP contribution < -0.4 is 19.5 Å². The predicted molar refractivity (Wildman–Crippen MR) is 155 cm³/mol. The molecule has 1 aromatic heterocycles. The number of aromatic nitrogens is 2. The van der Waals surface area contributed by atoms with Crippen LogP contribution >= 0.6 is 0 Å². The summed E-state index contributed by atoms with van der Waals surface area (Å²) in [6, 6.07) is 35.3. The summed E-state index contributed by atoms with van der Waals surface area (Å²) in [6.07, 6.45) is 1.75. The van der Waals surface area contributed by atoms with Crippen molar-refractivity contribution in [2.24, 2.45) is 10.2 Å². The molecule has 4 aromatic carbocycles. The maximum absolute atomic E-state index is 9.75. The third-order valence-corrected chi connectivity index (χ3v) is 5.74. The molecule has 0 saturated heterocycles. The van der Waals surface area contributed by atoms with Gasteiger partial charge in [0.25, 0.3) is 5.69 Å². The molecule has 0 unspecified atom stereocenters. The molecule has 0 saturated carbocycles. The second-order valence-electron chi connectivity index (χ2n) is 8.59. The Balaban J connectivity index is 0.000000748. The van der Waals surface area contributed by atoms with Crippen LogP contribution in [0, 0.1) is 0 Å². The fraction of sp³-hybridized carbons (Fsp3) is 0.0667. The summed E-state index contributed by atoms with van der Waals surface area (Å²) in [5.41, 5.74) is 5.46. The van der Waals surface area contributed by atoms with Crippen molar-refractivity contribution in [3.05, 3.63) is 115 Å². The van der Waals surface area contributed by atoms with E-state index in [0.29, 0.717) is 22.9 Å². The topological polar surface area (TPSA) is 72.0 Å². The van der Waals surface area contributed by atoms with Crippen LogP contribution in [-0.4, -0.2) is 26.6 Å². The molecule has 0 aliphatic carbocycles. The van der Waals surface area contributed by atoms with Crippen LogP contribution in [0.1, 0.15) is 0 Å². The number of rotatable bonds is 8. The van der Waals surface area contributed by atoms with Crippen molar-refractivity contribution in [2.75, 3.05) is 19.5 Å². The van der Waals surface area contributed by atoms with Crippen LogP contribution in [0.15, 0.2) is 126 Å². The highest BCUT2D eigenvalue weighted by Gasteiger charge is 2.27. The van der Waals surface area contributed by atoms with Gasteiger partial charge < -0.3 is 32.1 Å². The Morgan fingerprint density at radius 2 is 1.31 bits per heavy atom. The van der Waals surface area contributed by atoms with Crippen molar-refractivity contribution in [3.8, 4) is 28.4 Å². The summed E-state index contributed by atoms with van der Waals surface area (Å²) in [5.74, 6) is 1.33. The molecule has 214 valence electrons. The lowest BCUT2D eigenvalue weighted by Gasteiger charge is -2.14. The zero-order valence-corrected chi connectivity index (χ0v) is 22.7. The molecule has 5 rings (SSSR count). The average molecular weight is 575 g/mol. The Bertz CT molecular complexity index is 1620. The second-order valence-corrected chi connectivity index (χ2v) is 8.59. The lowest BCUT2D eigenvalue weighted by molar-refractivity contribution is -0.648. The number of hydrogen-bond acceptors (Lipinski definition) is 6. The Morgan fingerprint density at radius 3 is 1.90 bits per heavy atom. The number of para-hydroxylation sites is 1. The van der Waals surface area contributed by atoms with Crippen LogP contribution in [0.4, 0.5) is 40.0 Å². The van der Waals surface area contributed by atoms with E-state index in [9.17, 15) is 17.3 Å². The monoisotopic (exact) mass is 575 g/mol. The first-order valence-electron chi connectivity index (χ1n) is 12.7. The Morgan fingerprint density at radius 1 is 0.714 bits per heavy atom. The van der Waals surface area contributed by atoms with Gasteiger partial charge >= 0.3 is 7.25 Å². The number of benzene rings is 4. The first kappa shape index (κ1) is 29.7. The van der Waals surface area contributed by atoms with E-state index >= 15 is 0 Å². The van der Waals surface area contributed by atoms with Crippen molar-refractivity contribution in [1.29, 1.82) is 0 Å². The van der Waals surface area contributed by atoms with E-state index in [2.05, 4.69) is 10.4 Å². The first-order chi connectivity index (χ1) is 20.3. The molecule has 0 amide bonds. The molecule has 5 aromatic rings. The van der Waals surface area contributed by atoms with E-state index in [1.807, 2.05) is 114 Å². The van der Waals surface area contributed by atoms with Crippen LogP contribution in [0.3, 0.4) is 0 Å². The molecular formula is C30H26BF4N5O2. The average Bonchev–Trinajstić information content (AvgIpc) is 3.01. The molecule has 0 radical (unpaired) electrons. The minimum Gasteiger partial charge on any atom is -0.497 e. The molecule has 0 aliphatic heterocycles. The van der Waals surface area contributed by atoms with Gasteiger partial charge in [-0.05, 0) is 41.1 Å². The number of nitrogens with one attached hydrogen (secondary N) is 1. The lowest BCUT2D eigenvalue weighted by atomic mass is 10.1. The SMILES string of the molecule is COc1ccc(Nc2cn[n+](-c3ccccc3)c(-c3ccccc3)c2N=Nc2ccccc2)c(OC)c1.F[B-](F)(F)F. The van der Waals surface area contributed by atoms with Gasteiger partial charge in [0.05, 0.1) is 36.8 Å². The highest BCUT2D eigenvalue weighted by molar-refractivity contribution is 6.50. The largest absolute Gasteiger partial charge is 0.673 e. The van der Waals surface area contributed by atoms with Crippen LogP contribution in [-0.2, 0) is 0 Å². The maximum Gasteiger partial charge on any atom is 0.673 e. The van der Waals surface area contributed by atoms with Crippen LogP contribution in [0.25, 0.3) is 16.9 Å². The van der Waals surface area contributed by atoms with Gasteiger partial charge in [-0.2, -0.15) is 5.11 Å². The zero-order valence-electron chi connectivity index (χ0n) is 22.7. The Labute approximate surface area is 240 Å². The van der Waals surface area contributed by atoms with Gasteiger partial charge in [-0.1, -0.05) is 54.6 Å². The molecule has 1 N–H and O–H groups in total. The zero-order chi connectivity index (χ0) is 30.0. The van der Waals surface area contributed by atoms with Gasteiger partial charge in [0.1, 0.15) is 17.7 Å². The highest BCUT2D eigenvalue weighted by atomic mass is 19.5. The first-order valence-corrected chi connectivity index (χ1v) is 12.7. The van der Waals surface area contributed by atoms with E-state index in [0.717, 1.165) is 28.3 Å². The van der Waals surface area contributed by atoms with Gasteiger partial charge in [0, 0.05) is 23.3 Å². The molecule has 0 aliphatic rings. The fourth-order valence-corrected chi connectivity index (χ4v) is 3.92. The number of nitrogens with zero attached hydrogens (tertiary/aromatic N) is 4. The molecular weight excluding hydrogens is 549 g/mol. The van der Waals surface area contributed by atoms with Crippen molar-refractivity contribution in [2.45, 2.75) is 0 Å². The molecule has 0 spiro atoms. The minimum atomic E-state index is -6.00. The van der Waals surface area contributed by atoms with Crippen molar-refractivity contribution < 1.29 is 31.4 Å². The quantitative estimate of drug-likeness (QED) is 0.0872. The summed E-state index contributed by atoms with van der Waals surface area (Å²) < 4.78 is 51.9. The third kappa shape index (κ3) is 8.13. The van der Waals surface area contributed by atoms with E-state index in [1.54, 1.807) is 20.4 Å². The van der Waals surface area contributed by atoms with Gasteiger partial charge in [-0.15, -0.1) is 5.11 Å². The van der Waals surface area contributed by atoms with Gasteiger partial charge in [-0.3, -0.25) is 0 Å². The normalized spacial score (nSPS) is 11.0. The van der Waals surface area contributed by atoms with E-state index < -0.39 is 7.25 Å². The van der Waals surface area contributed by atoms with E-state index in [4.69, 9.17) is 19.7 Å². The van der Waals surface area contributed by atoms with Crippen LogP contribution in [0.5, 0.6) is 11.5 Å². The highest BCUT2D eigenvalue weighted by Crippen LogP contribution is 2.39. The van der Waals surface area contributed by atoms with Crippen molar-refractivity contribution in [3.63, 3.8) is 0 Å². The van der Waals surface area contributed by atoms with E-state index in [1.165, 1.54) is 0 Å². The van der Waals surface area contributed by atoms with Gasteiger partial charge in [0.15, 0.2) is 5.69 Å². The van der Waals surface area contributed by atoms with E-state index in [-0.39, 0.29) is 0 Å². The summed E-state index contributed by atoms with van der Waals surface area (Å²) in [6.45, 7) is 0. The fourth-order valence-electron chi connectivity index (χ4n) is 3.92. The number of anilines is 2. The molecule has 12 heteroatoms. The predicted octanol–water partition coefficient (Wildman–Crippen LogP) is 8.50. The minimum absolute atomic E-state index is 0.631.